The third-order valence-electron chi connectivity index (χ3n) is 2.66. The van der Waals surface area contributed by atoms with Crippen molar-refractivity contribution < 1.29 is 0 Å². The lowest BCUT2D eigenvalue weighted by Gasteiger charge is -1.91. The van der Waals surface area contributed by atoms with Gasteiger partial charge < -0.3 is 0 Å². The van der Waals surface area contributed by atoms with Crippen molar-refractivity contribution in [2.24, 2.45) is 0 Å². The number of thioether (sulfide) groups is 1. The van der Waals surface area contributed by atoms with E-state index < -0.39 is 0 Å². The first kappa shape index (κ1) is 7.68. The number of aromatic nitrogens is 2. The molecule has 2 heterocycles. The lowest BCUT2D eigenvalue weighted by atomic mass is 10.1. The van der Waals surface area contributed by atoms with Gasteiger partial charge in [0.2, 0.25) is 0 Å². The largest absolute Gasteiger partial charge is 0.282 e. The number of hydrogen-bond donors (Lipinski definition) is 1. The first-order valence-corrected chi connectivity index (χ1v) is 5.85. The summed E-state index contributed by atoms with van der Waals surface area (Å²) in [5.41, 5.74) is 3.92. The summed E-state index contributed by atoms with van der Waals surface area (Å²) >= 11 is 1.89. The third kappa shape index (κ3) is 1.41. The van der Waals surface area contributed by atoms with Gasteiger partial charge in [-0.15, -0.1) is 11.8 Å². The Bertz CT molecular complexity index is 350. The molecule has 0 radical (unpaired) electrons. The molecule has 0 atom stereocenters. The average Bonchev–Trinajstić information content (AvgIpc) is 2.72. The van der Waals surface area contributed by atoms with Crippen LogP contribution in [0.5, 0.6) is 0 Å². The molecule has 1 aliphatic heterocycles. The van der Waals surface area contributed by atoms with E-state index in [1.807, 2.05) is 11.8 Å². The minimum atomic E-state index is 0.788. The topological polar surface area (TPSA) is 28.7 Å². The summed E-state index contributed by atoms with van der Waals surface area (Å²) in [6.07, 6.45) is 3.87. The van der Waals surface area contributed by atoms with Crippen LogP contribution < -0.4 is 0 Å². The summed E-state index contributed by atoms with van der Waals surface area (Å²) in [4.78, 5) is 0. The van der Waals surface area contributed by atoms with Crippen LogP contribution >= 0.6 is 11.8 Å². The maximum absolute atomic E-state index is 4.35. The molecule has 0 unspecified atom stereocenters. The molecule has 1 N–H and O–H groups in total. The highest BCUT2D eigenvalue weighted by Gasteiger charge is 2.26. The second-order valence-corrected chi connectivity index (χ2v) is 4.72. The quantitative estimate of drug-likeness (QED) is 0.780. The van der Waals surface area contributed by atoms with E-state index >= 15 is 0 Å². The zero-order valence-electron chi connectivity index (χ0n) is 7.42. The second kappa shape index (κ2) is 2.91. The average molecular weight is 192 g/mol. The van der Waals surface area contributed by atoms with Gasteiger partial charge in [0.05, 0.1) is 5.69 Å². The van der Waals surface area contributed by atoms with Gasteiger partial charge in [-0.05, 0) is 36.3 Å². The normalized spacial score (nSPS) is 22.0. The third-order valence-corrected chi connectivity index (χ3v) is 3.55. The van der Waals surface area contributed by atoms with E-state index in [1.54, 1.807) is 0 Å². The van der Waals surface area contributed by atoms with Crippen molar-refractivity contribution in [3.8, 4) is 0 Å². The SMILES string of the molecule is C1=C(c2cc(C3CC3)[nH]n2)CCS1. The first-order valence-electron chi connectivity index (χ1n) is 4.80. The standard InChI is InChI=1S/C10H12N2S/c1-2-7(1)9-5-10(12-11-9)8-3-4-13-6-8/h5-7H,1-4H2,(H,11,12). The molecule has 1 saturated carbocycles. The fourth-order valence-corrected chi connectivity index (χ4v) is 2.58. The lowest BCUT2D eigenvalue weighted by molar-refractivity contribution is 0.959. The molecule has 0 amide bonds. The molecule has 2 nitrogen and oxygen atoms in total. The van der Waals surface area contributed by atoms with E-state index in [9.17, 15) is 0 Å². The summed E-state index contributed by atoms with van der Waals surface area (Å²) in [6, 6.07) is 2.23. The van der Waals surface area contributed by atoms with Crippen molar-refractivity contribution in [3.05, 3.63) is 22.9 Å². The van der Waals surface area contributed by atoms with E-state index in [0.717, 1.165) is 5.92 Å². The molecule has 68 valence electrons. The minimum absolute atomic E-state index is 0.788. The molecule has 1 fully saturated rings. The molecular formula is C10H12N2S. The van der Waals surface area contributed by atoms with Gasteiger partial charge in [-0.2, -0.15) is 5.10 Å². The molecule has 2 aliphatic rings. The van der Waals surface area contributed by atoms with Crippen LogP contribution in [0.25, 0.3) is 5.57 Å². The Labute approximate surface area is 81.8 Å². The summed E-state index contributed by atoms with van der Waals surface area (Å²) in [6.45, 7) is 0. The first-order chi connectivity index (χ1) is 6.43. The van der Waals surface area contributed by atoms with Crippen LogP contribution in [0.1, 0.15) is 36.6 Å². The Morgan fingerprint density at radius 2 is 2.38 bits per heavy atom. The van der Waals surface area contributed by atoms with Gasteiger partial charge in [-0.1, -0.05) is 0 Å². The van der Waals surface area contributed by atoms with E-state index in [1.165, 1.54) is 42.0 Å². The predicted molar refractivity (Wildman–Crippen MR) is 55.6 cm³/mol. The van der Waals surface area contributed by atoms with E-state index in [-0.39, 0.29) is 0 Å². The highest BCUT2D eigenvalue weighted by Crippen LogP contribution is 2.40. The number of hydrogen-bond acceptors (Lipinski definition) is 2. The zero-order valence-corrected chi connectivity index (χ0v) is 8.23. The van der Waals surface area contributed by atoms with Gasteiger partial charge in [-0.3, -0.25) is 5.10 Å². The van der Waals surface area contributed by atoms with Crippen LogP contribution in [-0.2, 0) is 0 Å². The second-order valence-electron chi connectivity index (χ2n) is 3.75. The Hall–Kier alpha value is -0.700. The monoisotopic (exact) mass is 192 g/mol. The van der Waals surface area contributed by atoms with Crippen LogP contribution in [0.15, 0.2) is 11.5 Å². The van der Waals surface area contributed by atoms with Crippen molar-refractivity contribution in [2.45, 2.75) is 25.2 Å². The van der Waals surface area contributed by atoms with Gasteiger partial charge in [-0.25, -0.2) is 0 Å². The number of nitrogens with one attached hydrogen (secondary N) is 1. The molecule has 0 bridgehead atoms. The number of nitrogens with zero attached hydrogens (tertiary/aromatic N) is 1. The molecular weight excluding hydrogens is 180 g/mol. The minimum Gasteiger partial charge on any atom is -0.282 e. The van der Waals surface area contributed by atoms with Crippen LogP contribution in [0.4, 0.5) is 0 Å². The highest BCUT2D eigenvalue weighted by atomic mass is 32.2. The van der Waals surface area contributed by atoms with Gasteiger partial charge in [0.25, 0.3) is 0 Å². The molecule has 0 spiro atoms. The molecule has 1 aromatic rings. The van der Waals surface area contributed by atoms with Crippen molar-refractivity contribution in [2.75, 3.05) is 5.75 Å². The van der Waals surface area contributed by atoms with E-state index in [2.05, 4.69) is 21.7 Å². The smallest absolute Gasteiger partial charge is 0.0888 e. The van der Waals surface area contributed by atoms with Crippen LogP contribution in [0.3, 0.4) is 0 Å². The maximum Gasteiger partial charge on any atom is 0.0888 e. The number of aromatic amines is 1. The molecule has 0 aromatic carbocycles. The molecule has 3 heteroatoms. The predicted octanol–water partition coefficient (Wildman–Crippen LogP) is 2.76. The summed E-state index contributed by atoms with van der Waals surface area (Å²) in [5.74, 6) is 2.01. The summed E-state index contributed by atoms with van der Waals surface area (Å²) in [7, 11) is 0. The van der Waals surface area contributed by atoms with Gasteiger partial charge in [0, 0.05) is 17.4 Å². The fourth-order valence-electron chi connectivity index (χ4n) is 1.68. The molecule has 3 rings (SSSR count). The molecule has 13 heavy (non-hydrogen) atoms. The Balaban J connectivity index is 1.87. The lowest BCUT2D eigenvalue weighted by Crippen LogP contribution is -1.80. The van der Waals surface area contributed by atoms with Crippen LogP contribution in [0.2, 0.25) is 0 Å². The van der Waals surface area contributed by atoms with Gasteiger partial charge >= 0.3 is 0 Å². The Kier molecular flexibility index (Phi) is 1.72. The van der Waals surface area contributed by atoms with Crippen molar-refractivity contribution in [1.29, 1.82) is 0 Å². The molecule has 1 aliphatic carbocycles. The van der Waals surface area contributed by atoms with Gasteiger partial charge in [0.1, 0.15) is 0 Å². The number of H-pyrrole nitrogens is 1. The highest BCUT2D eigenvalue weighted by molar-refractivity contribution is 8.02. The molecule has 1 aromatic heterocycles. The number of allylic oxidation sites excluding steroid dienone is 1. The fraction of sp³-hybridized carbons (Fsp3) is 0.500. The van der Waals surface area contributed by atoms with E-state index in [4.69, 9.17) is 0 Å². The van der Waals surface area contributed by atoms with Crippen molar-refractivity contribution in [1.82, 2.24) is 10.2 Å². The summed E-state index contributed by atoms with van der Waals surface area (Å²) < 4.78 is 0. The summed E-state index contributed by atoms with van der Waals surface area (Å²) in [5, 5.41) is 9.74. The van der Waals surface area contributed by atoms with Gasteiger partial charge in [0.15, 0.2) is 0 Å². The van der Waals surface area contributed by atoms with Crippen LogP contribution in [0, 0.1) is 0 Å². The van der Waals surface area contributed by atoms with E-state index in [0.29, 0.717) is 0 Å². The van der Waals surface area contributed by atoms with Crippen molar-refractivity contribution >= 4 is 17.3 Å². The molecule has 0 saturated heterocycles. The Morgan fingerprint density at radius 1 is 1.46 bits per heavy atom. The maximum atomic E-state index is 4.35. The van der Waals surface area contributed by atoms with Crippen molar-refractivity contribution in [3.63, 3.8) is 0 Å². The van der Waals surface area contributed by atoms with Crippen LogP contribution in [-0.4, -0.2) is 16.0 Å². The number of rotatable bonds is 2. The zero-order chi connectivity index (χ0) is 8.67. The Morgan fingerprint density at radius 3 is 3.08 bits per heavy atom.